The van der Waals surface area contributed by atoms with Gasteiger partial charge in [-0.1, -0.05) is 6.07 Å². The summed E-state index contributed by atoms with van der Waals surface area (Å²) in [6.45, 7) is 0. The number of nitrogens with two attached hydrogens (primary N) is 1. The van der Waals surface area contributed by atoms with E-state index in [9.17, 15) is 18.0 Å². The molecular formula is C12H10F3NO2S. The lowest BCUT2D eigenvalue weighted by molar-refractivity contribution is -0.142. The summed E-state index contributed by atoms with van der Waals surface area (Å²) >= 11 is 1.05. The van der Waals surface area contributed by atoms with Gasteiger partial charge in [0, 0.05) is 9.58 Å². The molecule has 102 valence electrons. The van der Waals surface area contributed by atoms with Crippen LogP contribution in [0.4, 0.5) is 13.2 Å². The summed E-state index contributed by atoms with van der Waals surface area (Å²) in [5.74, 6) is -0.623. The molecule has 3 nitrogen and oxygen atoms in total. The molecule has 0 fully saturated rings. The Morgan fingerprint density at radius 2 is 2.05 bits per heavy atom. The number of rotatable bonds is 2. The minimum absolute atomic E-state index is 0.434. The fourth-order valence-electron chi connectivity index (χ4n) is 1.62. The Morgan fingerprint density at radius 3 is 2.63 bits per heavy atom. The van der Waals surface area contributed by atoms with E-state index < -0.39 is 23.8 Å². The number of ether oxygens (including phenoxy) is 1. The summed E-state index contributed by atoms with van der Waals surface area (Å²) < 4.78 is 42.6. The second-order valence-corrected chi connectivity index (χ2v) is 5.02. The molecule has 1 heterocycles. The Kier molecular flexibility index (Phi) is 3.51. The predicted octanol–water partition coefficient (Wildman–Crippen LogP) is 3.09. The van der Waals surface area contributed by atoms with Gasteiger partial charge in [-0.15, -0.1) is 11.3 Å². The average molecular weight is 289 g/mol. The van der Waals surface area contributed by atoms with Gasteiger partial charge in [0.15, 0.2) is 0 Å². The van der Waals surface area contributed by atoms with Crippen LogP contribution in [0.2, 0.25) is 0 Å². The van der Waals surface area contributed by atoms with E-state index in [0.29, 0.717) is 15.0 Å². The zero-order valence-corrected chi connectivity index (χ0v) is 10.6. The van der Waals surface area contributed by atoms with Crippen molar-refractivity contribution in [3.8, 4) is 0 Å². The first kappa shape index (κ1) is 13.8. The number of esters is 1. The van der Waals surface area contributed by atoms with Gasteiger partial charge < -0.3 is 10.5 Å². The van der Waals surface area contributed by atoms with Crippen LogP contribution in [0.15, 0.2) is 24.3 Å². The zero-order chi connectivity index (χ0) is 14.2. The van der Waals surface area contributed by atoms with Crippen molar-refractivity contribution in [3.63, 3.8) is 0 Å². The number of halogens is 3. The van der Waals surface area contributed by atoms with Crippen molar-refractivity contribution in [1.29, 1.82) is 0 Å². The third-order valence-corrected chi connectivity index (χ3v) is 3.81. The number of hydrogen-bond acceptors (Lipinski definition) is 4. The number of benzene rings is 1. The minimum Gasteiger partial charge on any atom is -0.468 e. The molecule has 1 aromatic carbocycles. The lowest BCUT2D eigenvalue weighted by Gasteiger charge is -2.05. The molecule has 0 amide bonds. The van der Waals surface area contributed by atoms with Crippen LogP contribution in [0.1, 0.15) is 16.5 Å². The number of alkyl halides is 3. The Bertz CT molecular complexity index is 621. The summed E-state index contributed by atoms with van der Waals surface area (Å²) in [7, 11) is 1.21. The van der Waals surface area contributed by atoms with Crippen LogP contribution in [-0.2, 0) is 15.7 Å². The van der Waals surface area contributed by atoms with Crippen molar-refractivity contribution in [2.45, 2.75) is 12.2 Å². The monoisotopic (exact) mass is 289 g/mol. The molecule has 0 bridgehead atoms. The maximum atomic E-state index is 12.6. The second kappa shape index (κ2) is 4.82. The highest BCUT2D eigenvalue weighted by Gasteiger charge is 2.30. The van der Waals surface area contributed by atoms with Crippen molar-refractivity contribution < 1.29 is 22.7 Å². The molecule has 7 heteroatoms. The van der Waals surface area contributed by atoms with Crippen molar-refractivity contribution >= 4 is 27.4 Å². The smallest absolute Gasteiger partial charge is 0.416 e. The van der Waals surface area contributed by atoms with Crippen LogP contribution in [0, 0.1) is 0 Å². The van der Waals surface area contributed by atoms with Gasteiger partial charge in [-0.25, -0.2) is 4.79 Å². The first-order valence-corrected chi connectivity index (χ1v) is 6.08. The molecule has 1 unspecified atom stereocenters. The standard InChI is InChI=1S/C12H10F3NO2S/c1-18-11(17)10(16)9-4-6-2-3-7(12(13,14)15)5-8(6)19-9/h2-5,10H,16H2,1H3. The maximum Gasteiger partial charge on any atom is 0.416 e. The van der Waals surface area contributed by atoms with Crippen molar-refractivity contribution in [2.75, 3.05) is 7.11 Å². The van der Waals surface area contributed by atoms with Crippen LogP contribution in [0.3, 0.4) is 0 Å². The maximum absolute atomic E-state index is 12.6. The average Bonchev–Trinajstić information content (AvgIpc) is 2.78. The Labute approximate surface area is 110 Å². The van der Waals surface area contributed by atoms with Crippen LogP contribution < -0.4 is 5.73 Å². The third-order valence-electron chi connectivity index (χ3n) is 2.63. The topological polar surface area (TPSA) is 52.3 Å². The van der Waals surface area contributed by atoms with E-state index in [1.807, 2.05) is 0 Å². The number of thiophene rings is 1. The highest BCUT2D eigenvalue weighted by atomic mass is 32.1. The lowest BCUT2D eigenvalue weighted by atomic mass is 10.1. The van der Waals surface area contributed by atoms with Gasteiger partial charge in [-0.2, -0.15) is 13.2 Å². The van der Waals surface area contributed by atoms with Crippen LogP contribution in [-0.4, -0.2) is 13.1 Å². The molecule has 0 saturated carbocycles. The molecule has 0 saturated heterocycles. The summed E-state index contributed by atoms with van der Waals surface area (Å²) in [4.78, 5) is 11.8. The van der Waals surface area contributed by atoms with E-state index in [4.69, 9.17) is 5.73 Å². The summed E-state index contributed by atoms with van der Waals surface area (Å²) in [5.41, 5.74) is 4.93. The SMILES string of the molecule is COC(=O)C(N)c1cc2ccc(C(F)(F)F)cc2s1. The molecule has 2 N–H and O–H groups in total. The lowest BCUT2D eigenvalue weighted by Crippen LogP contribution is -2.21. The van der Waals surface area contributed by atoms with Gasteiger partial charge in [0.05, 0.1) is 12.7 Å². The number of fused-ring (bicyclic) bond motifs is 1. The molecular weight excluding hydrogens is 279 g/mol. The second-order valence-electron chi connectivity index (χ2n) is 3.90. The van der Waals surface area contributed by atoms with Gasteiger partial charge in [-0.3, -0.25) is 0 Å². The van der Waals surface area contributed by atoms with Crippen LogP contribution >= 0.6 is 11.3 Å². The van der Waals surface area contributed by atoms with E-state index in [0.717, 1.165) is 23.5 Å². The van der Waals surface area contributed by atoms with E-state index in [2.05, 4.69) is 4.74 Å². The fraction of sp³-hybridized carbons (Fsp3) is 0.250. The molecule has 0 aliphatic heterocycles. The normalized spacial score (nSPS) is 13.5. The molecule has 19 heavy (non-hydrogen) atoms. The van der Waals surface area contributed by atoms with Gasteiger partial charge >= 0.3 is 12.1 Å². The molecule has 1 atom stereocenters. The molecule has 2 aromatic rings. The molecule has 0 spiro atoms. The predicted molar refractivity (Wildman–Crippen MR) is 65.8 cm³/mol. The first-order valence-electron chi connectivity index (χ1n) is 5.27. The van der Waals surface area contributed by atoms with E-state index >= 15 is 0 Å². The minimum atomic E-state index is -4.39. The number of hydrogen-bond donors (Lipinski definition) is 1. The van der Waals surface area contributed by atoms with Crippen molar-refractivity contribution in [1.82, 2.24) is 0 Å². The molecule has 0 aliphatic rings. The Morgan fingerprint density at radius 1 is 1.37 bits per heavy atom. The zero-order valence-electron chi connectivity index (χ0n) is 9.82. The van der Waals surface area contributed by atoms with Gasteiger partial charge in [0.25, 0.3) is 0 Å². The Hall–Kier alpha value is -1.60. The molecule has 0 radical (unpaired) electrons. The van der Waals surface area contributed by atoms with Crippen molar-refractivity contribution in [3.05, 3.63) is 34.7 Å². The van der Waals surface area contributed by atoms with Gasteiger partial charge in [0.2, 0.25) is 0 Å². The number of carbonyl (C=O) groups is 1. The van der Waals surface area contributed by atoms with Gasteiger partial charge in [0.1, 0.15) is 6.04 Å². The molecule has 2 rings (SSSR count). The highest BCUT2D eigenvalue weighted by molar-refractivity contribution is 7.19. The quantitative estimate of drug-likeness (QED) is 0.864. The van der Waals surface area contributed by atoms with Crippen LogP contribution in [0.5, 0.6) is 0 Å². The molecule has 0 aliphatic carbocycles. The summed E-state index contributed by atoms with van der Waals surface area (Å²) in [6.07, 6.45) is -4.39. The first-order chi connectivity index (χ1) is 8.82. The largest absolute Gasteiger partial charge is 0.468 e. The van der Waals surface area contributed by atoms with E-state index in [1.54, 1.807) is 6.07 Å². The van der Waals surface area contributed by atoms with E-state index in [-0.39, 0.29) is 0 Å². The van der Waals surface area contributed by atoms with Crippen LogP contribution in [0.25, 0.3) is 10.1 Å². The number of carbonyl (C=O) groups excluding carboxylic acids is 1. The fourth-order valence-corrected chi connectivity index (χ4v) is 2.72. The number of methoxy groups -OCH3 is 1. The summed E-state index contributed by atoms with van der Waals surface area (Å²) in [5, 5.41) is 0.618. The Balaban J connectivity index is 2.44. The van der Waals surface area contributed by atoms with Gasteiger partial charge in [-0.05, 0) is 23.6 Å². The highest BCUT2D eigenvalue weighted by Crippen LogP contribution is 2.35. The van der Waals surface area contributed by atoms with E-state index in [1.165, 1.54) is 13.2 Å². The third kappa shape index (κ3) is 2.71. The van der Waals surface area contributed by atoms with Crippen molar-refractivity contribution in [2.24, 2.45) is 5.73 Å². The molecule has 1 aromatic heterocycles. The summed E-state index contributed by atoms with van der Waals surface area (Å²) in [6, 6.07) is 4.04.